The van der Waals surface area contributed by atoms with Crippen LogP contribution in [0.2, 0.25) is 0 Å². The summed E-state index contributed by atoms with van der Waals surface area (Å²) in [7, 11) is 3.21. The Kier molecular flexibility index (Phi) is 7.80. The maximum Gasteiger partial charge on any atom is 0.124 e. The van der Waals surface area contributed by atoms with Gasteiger partial charge in [-0.1, -0.05) is 6.92 Å². The highest BCUT2D eigenvalue weighted by Gasteiger charge is 2.14. The van der Waals surface area contributed by atoms with Crippen molar-refractivity contribution in [2.45, 2.75) is 24.7 Å². The molecule has 0 radical (unpaired) electrons. The summed E-state index contributed by atoms with van der Waals surface area (Å²) in [4.78, 5) is 0. The van der Waals surface area contributed by atoms with Gasteiger partial charge in [-0.3, -0.25) is 0 Å². The van der Waals surface area contributed by atoms with Crippen LogP contribution < -0.4 is 14.8 Å². The van der Waals surface area contributed by atoms with Gasteiger partial charge >= 0.3 is 0 Å². The van der Waals surface area contributed by atoms with E-state index in [1.54, 1.807) is 14.2 Å². The molecule has 0 saturated heterocycles. The summed E-state index contributed by atoms with van der Waals surface area (Å²) in [5.74, 6) is 1.40. The standard InChI is InChI=1S/C15H25NO3S/c1-11(20-4)7-8-16-10-14(17)13-9-12(18-2)5-6-15(13)19-3/h5-6,9,11,14,16-17H,7-8,10H2,1-4H3. The van der Waals surface area contributed by atoms with Crippen molar-refractivity contribution in [2.75, 3.05) is 33.6 Å². The van der Waals surface area contributed by atoms with Crippen LogP contribution in [0.25, 0.3) is 0 Å². The molecule has 20 heavy (non-hydrogen) atoms. The summed E-state index contributed by atoms with van der Waals surface area (Å²) in [6.07, 6.45) is 2.59. The minimum atomic E-state index is -0.607. The maximum atomic E-state index is 10.3. The van der Waals surface area contributed by atoms with E-state index in [9.17, 15) is 5.11 Å². The largest absolute Gasteiger partial charge is 0.497 e. The number of methoxy groups -OCH3 is 2. The Labute approximate surface area is 125 Å². The number of hydrogen-bond acceptors (Lipinski definition) is 5. The molecule has 1 aromatic carbocycles. The molecule has 114 valence electrons. The molecule has 0 aliphatic carbocycles. The van der Waals surface area contributed by atoms with Crippen LogP contribution in [0.5, 0.6) is 11.5 Å². The lowest BCUT2D eigenvalue weighted by Gasteiger charge is -2.17. The number of aliphatic hydroxyl groups is 1. The van der Waals surface area contributed by atoms with Crippen LogP contribution in [0.1, 0.15) is 25.0 Å². The van der Waals surface area contributed by atoms with Crippen molar-refractivity contribution in [3.63, 3.8) is 0 Å². The molecule has 5 heteroatoms. The molecule has 2 N–H and O–H groups in total. The zero-order chi connectivity index (χ0) is 15.0. The molecule has 0 aliphatic rings. The number of benzene rings is 1. The Hall–Kier alpha value is -0.910. The molecule has 0 amide bonds. The van der Waals surface area contributed by atoms with Crippen LogP contribution >= 0.6 is 11.8 Å². The van der Waals surface area contributed by atoms with Crippen LogP contribution in [-0.2, 0) is 0 Å². The van der Waals surface area contributed by atoms with Gasteiger partial charge in [0.2, 0.25) is 0 Å². The molecule has 0 bridgehead atoms. The summed E-state index contributed by atoms with van der Waals surface area (Å²) < 4.78 is 10.5. The predicted octanol–water partition coefficient (Wildman–Crippen LogP) is 2.47. The second-order valence-electron chi connectivity index (χ2n) is 4.66. The van der Waals surface area contributed by atoms with Crippen molar-refractivity contribution in [3.05, 3.63) is 23.8 Å². The monoisotopic (exact) mass is 299 g/mol. The summed E-state index contributed by atoms with van der Waals surface area (Å²) in [5.41, 5.74) is 0.747. The van der Waals surface area contributed by atoms with E-state index in [1.165, 1.54) is 0 Å². The first-order valence-electron chi connectivity index (χ1n) is 6.75. The number of nitrogens with one attached hydrogen (secondary N) is 1. The van der Waals surface area contributed by atoms with Gasteiger partial charge in [0.1, 0.15) is 11.5 Å². The van der Waals surface area contributed by atoms with Crippen LogP contribution in [-0.4, -0.2) is 43.9 Å². The summed E-state index contributed by atoms with van der Waals surface area (Å²) in [5, 5.41) is 14.2. The molecule has 1 aromatic rings. The Morgan fingerprint density at radius 3 is 2.65 bits per heavy atom. The highest BCUT2D eigenvalue weighted by atomic mass is 32.2. The smallest absolute Gasteiger partial charge is 0.124 e. The van der Waals surface area contributed by atoms with Gasteiger partial charge in [-0.05, 0) is 37.4 Å². The summed E-state index contributed by atoms with van der Waals surface area (Å²) >= 11 is 1.85. The quantitative estimate of drug-likeness (QED) is 0.686. The van der Waals surface area contributed by atoms with E-state index in [0.29, 0.717) is 17.5 Å². The minimum absolute atomic E-state index is 0.505. The van der Waals surface area contributed by atoms with E-state index in [4.69, 9.17) is 9.47 Å². The van der Waals surface area contributed by atoms with Crippen molar-refractivity contribution >= 4 is 11.8 Å². The normalized spacial score (nSPS) is 13.8. The molecule has 4 nitrogen and oxygen atoms in total. The molecule has 2 atom stereocenters. The molecule has 0 aliphatic heterocycles. The lowest BCUT2D eigenvalue weighted by atomic mass is 10.1. The molecule has 0 saturated carbocycles. The maximum absolute atomic E-state index is 10.3. The van der Waals surface area contributed by atoms with Crippen molar-refractivity contribution in [1.29, 1.82) is 0 Å². The number of hydrogen-bond donors (Lipinski definition) is 2. The lowest BCUT2D eigenvalue weighted by Crippen LogP contribution is -2.24. The van der Waals surface area contributed by atoms with Gasteiger partial charge in [-0.15, -0.1) is 0 Å². The second kappa shape index (κ2) is 9.10. The van der Waals surface area contributed by atoms with Crippen LogP contribution in [0.3, 0.4) is 0 Å². The van der Waals surface area contributed by atoms with Gasteiger partial charge in [-0.25, -0.2) is 0 Å². The number of ether oxygens (including phenoxy) is 2. The Balaban J connectivity index is 2.55. The van der Waals surface area contributed by atoms with Crippen LogP contribution in [0.4, 0.5) is 0 Å². The number of thioether (sulfide) groups is 1. The SMILES string of the molecule is COc1ccc(OC)c(C(O)CNCCC(C)SC)c1. The van der Waals surface area contributed by atoms with Crippen molar-refractivity contribution in [2.24, 2.45) is 0 Å². The summed E-state index contributed by atoms with van der Waals surface area (Å²) in [6, 6.07) is 5.45. The number of aliphatic hydroxyl groups excluding tert-OH is 1. The fraction of sp³-hybridized carbons (Fsp3) is 0.600. The fourth-order valence-corrected chi connectivity index (χ4v) is 2.23. The second-order valence-corrected chi connectivity index (χ2v) is 5.94. The highest BCUT2D eigenvalue weighted by molar-refractivity contribution is 7.99. The molecular weight excluding hydrogens is 274 g/mol. The summed E-state index contributed by atoms with van der Waals surface area (Å²) in [6.45, 7) is 3.60. The van der Waals surface area contributed by atoms with Crippen LogP contribution in [0.15, 0.2) is 18.2 Å². The molecule has 0 spiro atoms. The van der Waals surface area contributed by atoms with Gasteiger partial charge in [0.05, 0.1) is 20.3 Å². The average molecular weight is 299 g/mol. The van der Waals surface area contributed by atoms with E-state index in [1.807, 2.05) is 30.0 Å². The first-order chi connectivity index (χ1) is 9.62. The zero-order valence-electron chi connectivity index (χ0n) is 12.7. The first kappa shape index (κ1) is 17.1. The number of rotatable bonds is 9. The van der Waals surface area contributed by atoms with E-state index >= 15 is 0 Å². The Bertz CT molecular complexity index is 401. The zero-order valence-corrected chi connectivity index (χ0v) is 13.5. The van der Waals surface area contributed by atoms with Crippen LogP contribution in [0, 0.1) is 0 Å². The minimum Gasteiger partial charge on any atom is -0.497 e. The van der Waals surface area contributed by atoms with Gasteiger partial charge in [0, 0.05) is 17.4 Å². The molecule has 1 rings (SSSR count). The molecule has 2 unspecified atom stereocenters. The average Bonchev–Trinajstić information content (AvgIpc) is 2.50. The molecule has 0 fully saturated rings. The molecular formula is C15H25NO3S. The van der Waals surface area contributed by atoms with Gasteiger partial charge in [0.25, 0.3) is 0 Å². The van der Waals surface area contributed by atoms with Crippen molar-refractivity contribution < 1.29 is 14.6 Å². The van der Waals surface area contributed by atoms with Gasteiger partial charge < -0.3 is 19.9 Å². The molecule has 0 heterocycles. The van der Waals surface area contributed by atoms with Gasteiger partial charge in [0.15, 0.2) is 0 Å². The van der Waals surface area contributed by atoms with Gasteiger partial charge in [-0.2, -0.15) is 11.8 Å². The lowest BCUT2D eigenvalue weighted by molar-refractivity contribution is 0.170. The molecule has 0 aromatic heterocycles. The third-order valence-electron chi connectivity index (χ3n) is 3.26. The Morgan fingerprint density at radius 1 is 1.30 bits per heavy atom. The third kappa shape index (κ3) is 5.23. The van der Waals surface area contributed by atoms with E-state index < -0.39 is 6.10 Å². The fourth-order valence-electron chi connectivity index (χ4n) is 1.87. The third-order valence-corrected chi connectivity index (χ3v) is 4.30. The van der Waals surface area contributed by atoms with E-state index in [0.717, 1.165) is 24.3 Å². The first-order valence-corrected chi connectivity index (χ1v) is 8.04. The van der Waals surface area contributed by atoms with E-state index in [-0.39, 0.29) is 0 Å². The predicted molar refractivity (Wildman–Crippen MR) is 85.0 cm³/mol. The van der Waals surface area contributed by atoms with E-state index in [2.05, 4.69) is 18.5 Å². The van der Waals surface area contributed by atoms with Crippen molar-refractivity contribution in [3.8, 4) is 11.5 Å². The topological polar surface area (TPSA) is 50.7 Å². The Morgan fingerprint density at radius 2 is 2.05 bits per heavy atom. The highest BCUT2D eigenvalue weighted by Crippen LogP contribution is 2.29. The van der Waals surface area contributed by atoms with Crippen molar-refractivity contribution in [1.82, 2.24) is 5.32 Å².